The minimum Gasteiger partial charge on any atom is -0.187 e. The zero-order chi connectivity index (χ0) is 16.8. The Labute approximate surface area is 99.6 Å². The average molecular weight is 333 g/mol. The molecule has 0 aliphatic carbocycles. The standard InChI is InChI=1S/C6F13N/c7-1(2(8,9)4(12,13)14)20-6(18,19)3(10,11)5(15,16)17/b20-1-. The van der Waals surface area contributed by atoms with Gasteiger partial charge in [-0.15, -0.1) is 0 Å². The van der Waals surface area contributed by atoms with Crippen molar-refractivity contribution in [2.75, 3.05) is 0 Å². The van der Waals surface area contributed by atoms with Crippen LogP contribution in [0.4, 0.5) is 57.1 Å². The Morgan fingerprint density at radius 3 is 1.20 bits per heavy atom. The van der Waals surface area contributed by atoms with Crippen molar-refractivity contribution in [3.63, 3.8) is 0 Å². The lowest BCUT2D eigenvalue weighted by molar-refractivity contribution is -0.352. The molecule has 0 fully saturated rings. The molecular formula is C6F13N. The highest BCUT2D eigenvalue weighted by molar-refractivity contribution is 5.83. The van der Waals surface area contributed by atoms with E-state index in [0.717, 1.165) is 0 Å². The van der Waals surface area contributed by atoms with Gasteiger partial charge in [0.05, 0.1) is 0 Å². The molecular weight excluding hydrogens is 333 g/mol. The van der Waals surface area contributed by atoms with E-state index in [-0.39, 0.29) is 4.99 Å². The van der Waals surface area contributed by atoms with Crippen LogP contribution in [0.2, 0.25) is 0 Å². The monoisotopic (exact) mass is 333 g/mol. The van der Waals surface area contributed by atoms with E-state index in [2.05, 4.69) is 0 Å². The summed E-state index contributed by atoms with van der Waals surface area (Å²) in [6.45, 7) is 0. The van der Waals surface area contributed by atoms with Crippen LogP contribution in [0.1, 0.15) is 0 Å². The number of aliphatic imine (C=N–C) groups is 1. The van der Waals surface area contributed by atoms with Crippen molar-refractivity contribution in [2.45, 2.75) is 30.2 Å². The van der Waals surface area contributed by atoms with Crippen LogP contribution in [0.5, 0.6) is 0 Å². The lowest BCUT2D eigenvalue weighted by Crippen LogP contribution is -2.52. The summed E-state index contributed by atoms with van der Waals surface area (Å²) in [5.41, 5.74) is 0. The predicted molar refractivity (Wildman–Crippen MR) is 35.5 cm³/mol. The molecule has 0 atom stereocenters. The first-order chi connectivity index (χ1) is 8.38. The Morgan fingerprint density at radius 2 is 0.950 bits per heavy atom. The molecule has 0 aromatic carbocycles. The molecule has 0 saturated heterocycles. The van der Waals surface area contributed by atoms with Crippen molar-refractivity contribution in [3.05, 3.63) is 0 Å². The summed E-state index contributed by atoms with van der Waals surface area (Å²) in [5, 5.41) is 0. The van der Waals surface area contributed by atoms with E-state index in [1.807, 2.05) is 0 Å². The van der Waals surface area contributed by atoms with Crippen molar-refractivity contribution >= 4 is 5.97 Å². The van der Waals surface area contributed by atoms with Crippen LogP contribution < -0.4 is 0 Å². The van der Waals surface area contributed by atoms with Crippen molar-refractivity contribution in [3.8, 4) is 0 Å². The van der Waals surface area contributed by atoms with E-state index in [0.29, 0.717) is 0 Å². The van der Waals surface area contributed by atoms with Gasteiger partial charge in [0.1, 0.15) is 0 Å². The van der Waals surface area contributed by atoms with Gasteiger partial charge in [0.2, 0.25) is 0 Å². The fourth-order valence-corrected chi connectivity index (χ4v) is 0.551. The lowest BCUT2D eigenvalue weighted by atomic mass is 10.2. The first kappa shape index (κ1) is 18.8. The molecule has 0 aliphatic heterocycles. The maximum atomic E-state index is 12.3. The molecule has 0 rings (SSSR count). The highest BCUT2D eigenvalue weighted by atomic mass is 19.4. The average Bonchev–Trinajstić information content (AvgIpc) is 2.12. The van der Waals surface area contributed by atoms with Gasteiger partial charge in [-0.1, -0.05) is 0 Å². The molecule has 0 spiro atoms. The molecule has 0 N–H and O–H groups in total. The Hall–Kier alpha value is -1.24. The first-order valence-corrected chi connectivity index (χ1v) is 3.90. The molecule has 0 radical (unpaired) electrons. The van der Waals surface area contributed by atoms with Gasteiger partial charge in [0.15, 0.2) is 0 Å². The molecule has 1 nitrogen and oxygen atoms in total. The lowest BCUT2D eigenvalue weighted by Gasteiger charge is -2.25. The smallest absolute Gasteiger partial charge is 0.187 e. The fourth-order valence-electron chi connectivity index (χ4n) is 0.551. The summed E-state index contributed by atoms with van der Waals surface area (Å²) in [4.78, 5) is 0.262. The summed E-state index contributed by atoms with van der Waals surface area (Å²) in [6.07, 6.45) is -13.9. The first-order valence-electron chi connectivity index (χ1n) is 3.90. The Bertz CT molecular complexity index is 385. The van der Waals surface area contributed by atoms with Gasteiger partial charge in [0, 0.05) is 0 Å². The van der Waals surface area contributed by atoms with Gasteiger partial charge in [-0.2, -0.15) is 62.1 Å². The van der Waals surface area contributed by atoms with E-state index < -0.39 is 36.2 Å². The Morgan fingerprint density at radius 1 is 0.600 bits per heavy atom. The van der Waals surface area contributed by atoms with E-state index in [1.54, 1.807) is 0 Å². The molecule has 0 aromatic heterocycles. The van der Waals surface area contributed by atoms with Crippen LogP contribution in [-0.4, -0.2) is 36.2 Å². The second-order valence-corrected chi connectivity index (χ2v) is 3.09. The van der Waals surface area contributed by atoms with Crippen LogP contribution in [-0.2, 0) is 0 Å². The number of nitrogens with zero attached hydrogens (tertiary/aromatic N) is 1. The second kappa shape index (κ2) is 4.65. The van der Waals surface area contributed by atoms with Gasteiger partial charge in [-0.3, -0.25) is 0 Å². The van der Waals surface area contributed by atoms with E-state index >= 15 is 0 Å². The highest BCUT2D eigenvalue weighted by Crippen LogP contribution is 2.48. The molecule has 0 heterocycles. The molecule has 0 unspecified atom stereocenters. The number of alkyl halides is 12. The van der Waals surface area contributed by atoms with Crippen LogP contribution in [0.25, 0.3) is 0 Å². The maximum absolute atomic E-state index is 12.3. The van der Waals surface area contributed by atoms with Crippen molar-refractivity contribution < 1.29 is 57.1 Å². The molecule has 0 amide bonds. The minimum atomic E-state index is -7.15. The highest BCUT2D eigenvalue weighted by Gasteiger charge is 2.75. The molecule has 120 valence electrons. The van der Waals surface area contributed by atoms with E-state index in [1.165, 1.54) is 0 Å². The molecule has 20 heavy (non-hydrogen) atoms. The van der Waals surface area contributed by atoms with Crippen LogP contribution in [0.3, 0.4) is 0 Å². The quantitative estimate of drug-likeness (QED) is 0.414. The topological polar surface area (TPSA) is 12.4 Å². The zero-order valence-corrected chi connectivity index (χ0v) is 8.36. The van der Waals surface area contributed by atoms with Gasteiger partial charge < -0.3 is 0 Å². The fraction of sp³-hybridized carbons (Fsp3) is 0.833. The molecule has 0 bridgehead atoms. The number of hydrogen-bond donors (Lipinski definition) is 0. The maximum Gasteiger partial charge on any atom is 0.462 e. The van der Waals surface area contributed by atoms with Crippen molar-refractivity contribution in [2.24, 2.45) is 4.99 Å². The third kappa shape index (κ3) is 3.08. The van der Waals surface area contributed by atoms with Gasteiger partial charge in [0.25, 0.3) is 5.97 Å². The number of halogens is 13. The minimum absolute atomic E-state index is 0.262. The van der Waals surface area contributed by atoms with Crippen molar-refractivity contribution in [1.29, 1.82) is 0 Å². The predicted octanol–water partition coefficient (Wildman–Crippen LogP) is 4.34. The summed E-state index contributed by atoms with van der Waals surface area (Å²) < 4.78 is 154. The summed E-state index contributed by atoms with van der Waals surface area (Å²) in [5.74, 6) is -18.3. The number of rotatable bonds is 3. The van der Waals surface area contributed by atoms with E-state index in [9.17, 15) is 57.1 Å². The zero-order valence-electron chi connectivity index (χ0n) is 8.36. The summed E-state index contributed by atoms with van der Waals surface area (Å²) in [7, 11) is 0. The van der Waals surface area contributed by atoms with Crippen LogP contribution in [0, 0.1) is 0 Å². The summed E-state index contributed by atoms with van der Waals surface area (Å²) >= 11 is 0. The molecule has 14 heteroatoms. The largest absolute Gasteiger partial charge is 0.462 e. The Balaban J connectivity index is 5.75. The Kier molecular flexibility index (Phi) is 4.36. The molecule has 0 aromatic rings. The number of hydrogen-bond acceptors (Lipinski definition) is 1. The normalized spacial score (nSPS) is 16.6. The third-order valence-electron chi connectivity index (χ3n) is 1.59. The second-order valence-electron chi connectivity index (χ2n) is 3.09. The van der Waals surface area contributed by atoms with Gasteiger partial charge >= 0.3 is 30.2 Å². The van der Waals surface area contributed by atoms with Crippen molar-refractivity contribution in [1.82, 2.24) is 0 Å². The SMILES string of the molecule is F/C(=N\C(F)(F)C(F)(F)C(F)(F)F)C(F)(F)C(F)(F)F. The van der Waals surface area contributed by atoms with Gasteiger partial charge in [-0.25, -0.2) is 0 Å². The van der Waals surface area contributed by atoms with Crippen LogP contribution in [0.15, 0.2) is 4.99 Å². The molecule has 0 aliphatic rings. The van der Waals surface area contributed by atoms with Gasteiger partial charge in [-0.05, 0) is 0 Å². The third-order valence-corrected chi connectivity index (χ3v) is 1.59. The molecule has 0 saturated carbocycles. The van der Waals surface area contributed by atoms with E-state index in [4.69, 9.17) is 0 Å². The van der Waals surface area contributed by atoms with Crippen LogP contribution >= 0.6 is 0 Å². The summed E-state index contributed by atoms with van der Waals surface area (Å²) in [6, 6.07) is -6.90.